The summed E-state index contributed by atoms with van der Waals surface area (Å²) in [5, 5.41) is 2.38. The number of hydrogen-bond donors (Lipinski definition) is 2. The van der Waals surface area contributed by atoms with E-state index in [-0.39, 0.29) is 17.4 Å². The molecule has 0 fully saturated rings. The first-order chi connectivity index (χ1) is 8.79. The van der Waals surface area contributed by atoms with Gasteiger partial charge in [0.15, 0.2) is 0 Å². The highest BCUT2D eigenvalue weighted by molar-refractivity contribution is 5.91. The number of aromatic nitrogens is 2. The van der Waals surface area contributed by atoms with Crippen molar-refractivity contribution in [1.82, 2.24) is 9.13 Å². The predicted molar refractivity (Wildman–Crippen MR) is 74.1 cm³/mol. The fourth-order valence-corrected chi connectivity index (χ4v) is 1.69. The Hall–Kier alpha value is -2.05. The van der Waals surface area contributed by atoms with Gasteiger partial charge < -0.3 is 11.1 Å². The number of nitrogens with zero attached hydrogens (tertiary/aromatic N) is 2. The average Bonchev–Trinajstić information content (AvgIpc) is 2.36. The number of nitrogens with one attached hydrogen (secondary N) is 1. The Balaban J connectivity index is 3.47. The van der Waals surface area contributed by atoms with Gasteiger partial charge in [-0.25, -0.2) is 4.79 Å². The van der Waals surface area contributed by atoms with Crippen LogP contribution in [0.15, 0.2) is 9.59 Å². The Morgan fingerprint density at radius 1 is 1.42 bits per heavy atom. The first-order valence-electron chi connectivity index (χ1n) is 6.16. The number of hydrogen-bond acceptors (Lipinski definition) is 4. The molecule has 7 heteroatoms. The third-order valence-corrected chi connectivity index (χ3v) is 3.08. The summed E-state index contributed by atoms with van der Waals surface area (Å²) in [6, 6.07) is 0. The van der Waals surface area contributed by atoms with Crippen LogP contribution in [0.1, 0.15) is 27.2 Å². The minimum absolute atomic E-state index is 0.00333. The summed E-state index contributed by atoms with van der Waals surface area (Å²) in [4.78, 5) is 35.0. The molecule has 1 rings (SSSR count). The number of amides is 1. The zero-order chi connectivity index (χ0) is 14.7. The average molecular weight is 268 g/mol. The molecule has 0 aliphatic carbocycles. The third-order valence-electron chi connectivity index (χ3n) is 3.08. The summed E-state index contributed by atoms with van der Waals surface area (Å²) in [6.45, 7) is 5.67. The maximum atomic E-state index is 12.0. The maximum absolute atomic E-state index is 12.0. The zero-order valence-electron chi connectivity index (χ0n) is 11.7. The number of carbonyl (C=O) groups excluding carboxylic acids is 1. The second-order valence-electron chi connectivity index (χ2n) is 4.71. The van der Waals surface area contributed by atoms with Crippen molar-refractivity contribution in [2.24, 2.45) is 13.0 Å². The van der Waals surface area contributed by atoms with Crippen molar-refractivity contribution in [3.8, 4) is 0 Å². The fourth-order valence-electron chi connectivity index (χ4n) is 1.69. The molecule has 1 aromatic rings. The van der Waals surface area contributed by atoms with Crippen LogP contribution >= 0.6 is 0 Å². The summed E-state index contributed by atoms with van der Waals surface area (Å²) in [5.41, 5.74) is 4.72. The lowest BCUT2D eigenvalue weighted by Gasteiger charge is -2.17. The van der Waals surface area contributed by atoms with E-state index in [1.165, 1.54) is 18.5 Å². The van der Waals surface area contributed by atoms with Crippen LogP contribution < -0.4 is 22.3 Å². The molecule has 7 nitrogen and oxygen atoms in total. The van der Waals surface area contributed by atoms with Crippen molar-refractivity contribution in [3.05, 3.63) is 20.8 Å². The predicted octanol–water partition coefficient (Wildman–Crippen LogP) is 0.134. The van der Waals surface area contributed by atoms with Gasteiger partial charge in [-0.2, -0.15) is 0 Å². The van der Waals surface area contributed by atoms with E-state index in [1.807, 2.05) is 13.8 Å². The molecule has 1 atom stereocenters. The molecule has 0 spiro atoms. The van der Waals surface area contributed by atoms with Gasteiger partial charge in [-0.05, 0) is 5.92 Å². The van der Waals surface area contributed by atoms with Gasteiger partial charge in [-0.1, -0.05) is 20.3 Å². The van der Waals surface area contributed by atoms with E-state index in [9.17, 15) is 14.4 Å². The van der Waals surface area contributed by atoms with Crippen LogP contribution in [0.2, 0.25) is 0 Å². The highest BCUT2D eigenvalue weighted by Gasteiger charge is 2.17. The Bertz CT molecular complexity index is 600. The fraction of sp³-hybridized carbons (Fsp3) is 0.583. The van der Waals surface area contributed by atoms with Crippen molar-refractivity contribution >= 4 is 17.4 Å². The molecule has 106 valence electrons. The van der Waals surface area contributed by atoms with Crippen molar-refractivity contribution in [3.63, 3.8) is 0 Å². The van der Waals surface area contributed by atoms with Gasteiger partial charge in [0, 0.05) is 20.5 Å². The SMILES string of the molecule is CCC(C)Cn1c(N)c(NC(C)=O)c(=O)n(C)c1=O. The largest absolute Gasteiger partial charge is 0.383 e. The molecule has 19 heavy (non-hydrogen) atoms. The quantitative estimate of drug-likeness (QED) is 0.811. The number of rotatable bonds is 4. The van der Waals surface area contributed by atoms with Gasteiger partial charge in [0.05, 0.1) is 0 Å². The molecule has 1 aromatic heterocycles. The van der Waals surface area contributed by atoms with E-state index in [1.54, 1.807) is 0 Å². The minimum Gasteiger partial charge on any atom is -0.383 e. The Kier molecular flexibility index (Phi) is 4.52. The summed E-state index contributed by atoms with van der Waals surface area (Å²) in [5.74, 6) is -0.163. The van der Waals surface area contributed by atoms with E-state index >= 15 is 0 Å². The van der Waals surface area contributed by atoms with E-state index in [2.05, 4.69) is 5.32 Å². The van der Waals surface area contributed by atoms with E-state index in [0.29, 0.717) is 6.54 Å². The molecule has 0 saturated heterocycles. The minimum atomic E-state index is -0.599. The van der Waals surface area contributed by atoms with Crippen molar-refractivity contribution in [2.75, 3.05) is 11.1 Å². The number of nitrogen functional groups attached to an aromatic ring is 1. The van der Waals surface area contributed by atoms with Crippen LogP contribution in [-0.2, 0) is 18.4 Å². The molecular formula is C12H20N4O3. The Morgan fingerprint density at radius 3 is 2.47 bits per heavy atom. The van der Waals surface area contributed by atoms with Gasteiger partial charge in [-0.15, -0.1) is 0 Å². The van der Waals surface area contributed by atoms with Crippen LogP contribution in [0.5, 0.6) is 0 Å². The molecule has 0 saturated carbocycles. The molecular weight excluding hydrogens is 248 g/mol. The molecule has 1 unspecified atom stereocenters. The van der Waals surface area contributed by atoms with Gasteiger partial charge in [0.2, 0.25) is 5.91 Å². The summed E-state index contributed by atoms with van der Waals surface area (Å²) < 4.78 is 2.27. The number of nitrogens with two attached hydrogens (primary N) is 1. The van der Waals surface area contributed by atoms with Gasteiger partial charge in [0.25, 0.3) is 5.56 Å². The first-order valence-corrected chi connectivity index (χ1v) is 6.16. The molecule has 0 bridgehead atoms. The normalized spacial score (nSPS) is 12.2. The zero-order valence-corrected chi connectivity index (χ0v) is 11.7. The Morgan fingerprint density at radius 2 is 2.00 bits per heavy atom. The number of anilines is 2. The molecule has 0 aromatic carbocycles. The van der Waals surface area contributed by atoms with E-state index in [4.69, 9.17) is 5.73 Å². The summed E-state index contributed by atoms with van der Waals surface area (Å²) in [6.07, 6.45) is 0.879. The molecule has 0 aliphatic heterocycles. The molecule has 3 N–H and O–H groups in total. The second-order valence-corrected chi connectivity index (χ2v) is 4.71. The molecule has 1 heterocycles. The summed E-state index contributed by atoms with van der Waals surface area (Å²) in [7, 11) is 1.36. The van der Waals surface area contributed by atoms with Crippen molar-refractivity contribution < 1.29 is 4.79 Å². The number of carbonyl (C=O) groups is 1. The van der Waals surface area contributed by atoms with Crippen LogP contribution in [0.4, 0.5) is 11.5 Å². The van der Waals surface area contributed by atoms with Crippen molar-refractivity contribution in [1.29, 1.82) is 0 Å². The lowest BCUT2D eigenvalue weighted by Crippen LogP contribution is -2.41. The molecule has 0 aliphatic rings. The van der Waals surface area contributed by atoms with Crippen LogP contribution in [0, 0.1) is 5.92 Å². The highest BCUT2D eigenvalue weighted by Crippen LogP contribution is 2.13. The standard InChI is InChI=1S/C12H20N4O3/c1-5-7(2)6-16-10(13)9(14-8(3)17)11(18)15(4)12(16)19/h7H,5-6,13H2,1-4H3,(H,14,17). The monoisotopic (exact) mass is 268 g/mol. The third kappa shape index (κ3) is 3.04. The summed E-state index contributed by atoms with van der Waals surface area (Å²) >= 11 is 0. The molecule has 0 radical (unpaired) electrons. The van der Waals surface area contributed by atoms with E-state index < -0.39 is 17.2 Å². The second kappa shape index (κ2) is 5.73. The van der Waals surface area contributed by atoms with Crippen LogP contribution in [0.25, 0.3) is 0 Å². The topological polar surface area (TPSA) is 99.1 Å². The van der Waals surface area contributed by atoms with E-state index in [0.717, 1.165) is 11.0 Å². The lowest BCUT2D eigenvalue weighted by atomic mass is 10.1. The smallest absolute Gasteiger partial charge is 0.332 e. The highest BCUT2D eigenvalue weighted by atomic mass is 16.2. The van der Waals surface area contributed by atoms with Crippen LogP contribution in [-0.4, -0.2) is 15.0 Å². The van der Waals surface area contributed by atoms with Crippen LogP contribution in [0.3, 0.4) is 0 Å². The Labute approximate surface area is 111 Å². The first kappa shape index (κ1) is 15.0. The van der Waals surface area contributed by atoms with Gasteiger partial charge >= 0.3 is 5.69 Å². The maximum Gasteiger partial charge on any atom is 0.332 e. The van der Waals surface area contributed by atoms with Crippen molar-refractivity contribution in [2.45, 2.75) is 33.7 Å². The van der Waals surface area contributed by atoms with Gasteiger partial charge in [-0.3, -0.25) is 18.7 Å². The van der Waals surface area contributed by atoms with Gasteiger partial charge in [0.1, 0.15) is 11.5 Å². The molecule has 1 amide bonds. The lowest BCUT2D eigenvalue weighted by molar-refractivity contribution is -0.114.